The summed E-state index contributed by atoms with van der Waals surface area (Å²) in [6.45, 7) is 0.934. The maximum atomic E-state index is 10.8. The average molecular weight is 227 g/mol. The Balaban J connectivity index is 2.33. The maximum Gasteiger partial charge on any atom is 0.331 e. The zero-order valence-corrected chi connectivity index (χ0v) is 9.87. The van der Waals surface area contributed by atoms with Crippen molar-refractivity contribution >= 4 is 5.97 Å². The van der Waals surface area contributed by atoms with Crippen molar-refractivity contribution in [1.29, 1.82) is 0 Å². The average Bonchev–Trinajstić information content (AvgIpc) is 2.35. The van der Waals surface area contributed by atoms with Crippen molar-refractivity contribution in [1.82, 2.24) is 5.32 Å². The molecule has 1 aliphatic rings. The summed E-state index contributed by atoms with van der Waals surface area (Å²) >= 11 is 0. The van der Waals surface area contributed by atoms with E-state index in [2.05, 4.69) is 10.1 Å². The van der Waals surface area contributed by atoms with Crippen LogP contribution in [-0.2, 0) is 9.53 Å². The van der Waals surface area contributed by atoms with E-state index >= 15 is 0 Å². The van der Waals surface area contributed by atoms with E-state index in [1.54, 1.807) is 6.20 Å². The molecule has 2 N–H and O–H groups in total. The van der Waals surface area contributed by atoms with E-state index in [9.17, 15) is 9.90 Å². The standard InChI is InChI=1S/C12H21NO3/c1-16-11(15)5-8-13-9-12(10-14)6-3-2-4-7-12/h5,8,13-14H,2-4,6-7,9-10H2,1H3/b8-5+. The topological polar surface area (TPSA) is 58.6 Å². The molecule has 4 nitrogen and oxygen atoms in total. The van der Waals surface area contributed by atoms with Crippen LogP contribution in [0, 0.1) is 5.41 Å². The van der Waals surface area contributed by atoms with E-state index in [4.69, 9.17) is 0 Å². The Morgan fingerprint density at radius 3 is 2.69 bits per heavy atom. The van der Waals surface area contributed by atoms with Gasteiger partial charge in [-0.2, -0.15) is 0 Å². The summed E-state index contributed by atoms with van der Waals surface area (Å²) in [5, 5.41) is 12.5. The number of aliphatic hydroxyl groups excluding tert-OH is 1. The Hall–Kier alpha value is -1.03. The highest BCUT2D eigenvalue weighted by atomic mass is 16.5. The van der Waals surface area contributed by atoms with Gasteiger partial charge in [-0.3, -0.25) is 0 Å². The largest absolute Gasteiger partial charge is 0.466 e. The van der Waals surface area contributed by atoms with Crippen LogP contribution in [0.3, 0.4) is 0 Å². The van der Waals surface area contributed by atoms with Crippen molar-refractivity contribution in [3.63, 3.8) is 0 Å². The fourth-order valence-corrected chi connectivity index (χ4v) is 2.16. The monoisotopic (exact) mass is 227 g/mol. The molecule has 0 bridgehead atoms. The maximum absolute atomic E-state index is 10.8. The number of aliphatic hydroxyl groups is 1. The molecule has 0 aromatic rings. The summed E-state index contributed by atoms with van der Waals surface area (Å²) in [5.41, 5.74) is -0.00128. The van der Waals surface area contributed by atoms with E-state index in [0.717, 1.165) is 19.4 Å². The Morgan fingerprint density at radius 1 is 1.44 bits per heavy atom. The van der Waals surface area contributed by atoms with Gasteiger partial charge in [0, 0.05) is 24.2 Å². The lowest BCUT2D eigenvalue weighted by molar-refractivity contribution is -0.134. The number of esters is 1. The fourth-order valence-electron chi connectivity index (χ4n) is 2.16. The molecule has 0 heterocycles. The number of hydrogen-bond acceptors (Lipinski definition) is 4. The molecule has 4 heteroatoms. The summed E-state index contributed by atoms with van der Waals surface area (Å²) in [4.78, 5) is 10.8. The van der Waals surface area contributed by atoms with Gasteiger partial charge in [0.2, 0.25) is 0 Å². The van der Waals surface area contributed by atoms with Crippen LogP contribution in [0.25, 0.3) is 0 Å². The van der Waals surface area contributed by atoms with E-state index < -0.39 is 0 Å². The lowest BCUT2D eigenvalue weighted by Crippen LogP contribution is -2.37. The van der Waals surface area contributed by atoms with Crippen molar-refractivity contribution in [2.24, 2.45) is 5.41 Å². The van der Waals surface area contributed by atoms with Crippen molar-refractivity contribution < 1.29 is 14.6 Å². The highest BCUT2D eigenvalue weighted by Crippen LogP contribution is 2.35. The van der Waals surface area contributed by atoms with Crippen LogP contribution in [0.1, 0.15) is 32.1 Å². The lowest BCUT2D eigenvalue weighted by Gasteiger charge is -2.35. The first-order valence-corrected chi connectivity index (χ1v) is 5.81. The number of ether oxygens (including phenoxy) is 1. The second-order valence-corrected chi connectivity index (χ2v) is 4.46. The second-order valence-electron chi connectivity index (χ2n) is 4.46. The van der Waals surface area contributed by atoms with Gasteiger partial charge < -0.3 is 15.2 Å². The van der Waals surface area contributed by atoms with Crippen molar-refractivity contribution in [2.75, 3.05) is 20.3 Å². The van der Waals surface area contributed by atoms with Crippen LogP contribution >= 0.6 is 0 Å². The molecule has 0 aromatic heterocycles. The third-order valence-electron chi connectivity index (χ3n) is 3.27. The van der Waals surface area contributed by atoms with Gasteiger partial charge in [-0.1, -0.05) is 19.3 Å². The van der Waals surface area contributed by atoms with Gasteiger partial charge in [-0.05, 0) is 12.8 Å². The first-order chi connectivity index (χ1) is 7.72. The number of rotatable bonds is 5. The number of carbonyl (C=O) groups excluding carboxylic acids is 1. The molecule has 0 aromatic carbocycles. The lowest BCUT2D eigenvalue weighted by atomic mass is 9.74. The highest BCUT2D eigenvalue weighted by Gasteiger charge is 2.30. The molecule has 0 amide bonds. The molecule has 0 aliphatic heterocycles. The van der Waals surface area contributed by atoms with Crippen LogP contribution in [0.4, 0.5) is 0 Å². The molecular formula is C12H21NO3. The van der Waals surface area contributed by atoms with Crippen molar-refractivity contribution in [2.45, 2.75) is 32.1 Å². The predicted octanol–water partition coefficient (Wildman–Crippen LogP) is 1.21. The van der Waals surface area contributed by atoms with Gasteiger partial charge in [0.25, 0.3) is 0 Å². The summed E-state index contributed by atoms with van der Waals surface area (Å²) < 4.78 is 4.48. The second kappa shape index (κ2) is 6.53. The number of nitrogens with one attached hydrogen (secondary N) is 1. The fraction of sp³-hybridized carbons (Fsp3) is 0.750. The van der Waals surface area contributed by atoms with Gasteiger partial charge in [-0.15, -0.1) is 0 Å². The number of hydrogen-bond donors (Lipinski definition) is 2. The summed E-state index contributed by atoms with van der Waals surface area (Å²) in [6.07, 6.45) is 8.70. The molecule has 1 saturated carbocycles. The smallest absolute Gasteiger partial charge is 0.331 e. The van der Waals surface area contributed by atoms with Crippen LogP contribution < -0.4 is 5.32 Å². The molecule has 1 rings (SSSR count). The van der Waals surface area contributed by atoms with Crippen molar-refractivity contribution in [3.8, 4) is 0 Å². The highest BCUT2D eigenvalue weighted by molar-refractivity contribution is 5.81. The normalized spacial score (nSPS) is 19.6. The van der Waals surface area contributed by atoms with E-state index in [1.165, 1.54) is 32.4 Å². The van der Waals surface area contributed by atoms with Crippen molar-refractivity contribution in [3.05, 3.63) is 12.3 Å². The van der Waals surface area contributed by atoms with E-state index in [-0.39, 0.29) is 18.0 Å². The molecule has 1 fully saturated rings. The molecule has 0 saturated heterocycles. The minimum absolute atomic E-state index is 0.00128. The van der Waals surface area contributed by atoms with Crippen LogP contribution in [0.2, 0.25) is 0 Å². The first kappa shape index (κ1) is 13.0. The van der Waals surface area contributed by atoms with Gasteiger partial charge in [0.1, 0.15) is 0 Å². The third-order valence-corrected chi connectivity index (χ3v) is 3.27. The summed E-state index contributed by atoms with van der Waals surface area (Å²) in [7, 11) is 1.35. The van der Waals surface area contributed by atoms with Crippen LogP contribution in [0.15, 0.2) is 12.3 Å². The minimum atomic E-state index is -0.366. The SMILES string of the molecule is COC(=O)/C=C/NCC1(CO)CCCCC1. The van der Waals surface area contributed by atoms with Gasteiger partial charge in [0.05, 0.1) is 13.7 Å². The molecule has 92 valence electrons. The Labute approximate surface area is 96.7 Å². The van der Waals surface area contributed by atoms with Gasteiger partial charge in [0.15, 0.2) is 0 Å². The summed E-state index contributed by atoms with van der Waals surface area (Å²) in [5.74, 6) is -0.366. The first-order valence-electron chi connectivity index (χ1n) is 5.81. The molecule has 0 spiro atoms. The third kappa shape index (κ3) is 3.85. The minimum Gasteiger partial charge on any atom is -0.466 e. The zero-order valence-electron chi connectivity index (χ0n) is 9.87. The molecule has 0 atom stereocenters. The van der Waals surface area contributed by atoms with Crippen LogP contribution in [-0.4, -0.2) is 31.3 Å². The zero-order chi connectivity index (χ0) is 11.9. The molecule has 0 unspecified atom stereocenters. The molecule has 0 radical (unpaired) electrons. The summed E-state index contributed by atoms with van der Waals surface area (Å²) in [6, 6.07) is 0. The predicted molar refractivity (Wildman–Crippen MR) is 61.8 cm³/mol. The Bertz CT molecular complexity index is 245. The van der Waals surface area contributed by atoms with Gasteiger partial charge >= 0.3 is 5.97 Å². The Kier molecular flexibility index (Phi) is 5.32. The number of carbonyl (C=O) groups is 1. The van der Waals surface area contributed by atoms with Crippen LogP contribution in [0.5, 0.6) is 0 Å². The quantitative estimate of drug-likeness (QED) is 0.547. The molecule has 16 heavy (non-hydrogen) atoms. The van der Waals surface area contributed by atoms with E-state index in [0.29, 0.717) is 0 Å². The van der Waals surface area contributed by atoms with E-state index in [1.807, 2.05) is 0 Å². The number of methoxy groups -OCH3 is 1. The molecule has 1 aliphatic carbocycles. The molecular weight excluding hydrogens is 206 g/mol. The van der Waals surface area contributed by atoms with Gasteiger partial charge in [-0.25, -0.2) is 4.79 Å². The Morgan fingerprint density at radius 2 is 2.12 bits per heavy atom.